The predicted molar refractivity (Wildman–Crippen MR) is 90.1 cm³/mol. The lowest BCUT2D eigenvalue weighted by molar-refractivity contribution is 0.289. The van der Waals surface area contributed by atoms with E-state index in [1.165, 1.54) is 17.7 Å². The molecule has 0 fully saturated rings. The maximum atomic E-state index is 13.0. The van der Waals surface area contributed by atoms with Crippen LogP contribution < -0.4 is 0 Å². The first-order valence-electron chi connectivity index (χ1n) is 7.26. The lowest BCUT2D eigenvalue weighted by Crippen LogP contribution is -2.28. The molecule has 3 rings (SSSR count). The van der Waals surface area contributed by atoms with Gasteiger partial charge in [-0.15, -0.1) is 0 Å². The molecule has 1 N–H and O–H groups in total. The van der Waals surface area contributed by atoms with Gasteiger partial charge in [0.15, 0.2) is 0 Å². The van der Waals surface area contributed by atoms with Crippen LogP contribution in [0.3, 0.4) is 0 Å². The highest BCUT2D eigenvalue weighted by Crippen LogP contribution is 2.26. The summed E-state index contributed by atoms with van der Waals surface area (Å²) in [6, 6.07) is 12.2. The lowest BCUT2D eigenvalue weighted by atomic mass is 9.99. The molecule has 0 amide bonds. The van der Waals surface area contributed by atoms with E-state index in [2.05, 4.69) is 26.9 Å². The third-order valence-corrected chi connectivity index (χ3v) is 4.44. The summed E-state index contributed by atoms with van der Waals surface area (Å²) in [5.41, 5.74) is 3.27. The molecular formula is C18H17BrFNO. The van der Waals surface area contributed by atoms with Crippen LogP contribution in [0.1, 0.15) is 17.5 Å². The molecule has 2 aromatic carbocycles. The quantitative estimate of drug-likeness (QED) is 0.864. The smallest absolute Gasteiger partial charge is 0.123 e. The second kappa shape index (κ2) is 6.63. The fraction of sp³-hybridized carbons (Fsp3) is 0.222. The first-order valence-corrected chi connectivity index (χ1v) is 8.06. The molecule has 0 spiro atoms. The van der Waals surface area contributed by atoms with Crippen LogP contribution in [-0.2, 0) is 6.54 Å². The van der Waals surface area contributed by atoms with E-state index >= 15 is 0 Å². The van der Waals surface area contributed by atoms with Gasteiger partial charge in [0.05, 0.1) is 0 Å². The van der Waals surface area contributed by atoms with Crippen molar-refractivity contribution in [2.24, 2.45) is 0 Å². The van der Waals surface area contributed by atoms with Gasteiger partial charge in [-0.2, -0.15) is 0 Å². The Kier molecular flexibility index (Phi) is 4.60. The number of phenolic OH excluding ortho intramolecular Hbond substituents is 1. The molecule has 114 valence electrons. The second-order valence-electron chi connectivity index (χ2n) is 5.49. The van der Waals surface area contributed by atoms with E-state index in [4.69, 9.17) is 0 Å². The molecule has 0 radical (unpaired) electrons. The maximum Gasteiger partial charge on any atom is 0.123 e. The Balaban J connectivity index is 1.68. The molecule has 0 saturated carbocycles. The minimum atomic E-state index is -0.202. The molecule has 0 bridgehead atoms. The molecule has 0 atom stereocenters. The highest BCUT2D eigenvalue weighted by molar-refractivity contribution is 9.10. The van der Waals surface area contributed by atoms with Gasteiger partial charge in [0.25, 0.3) is 0 Å². The standard InChI is InChI=1S/C18H17BrFNO/c19-16-3-6-18(22)15(11-16)12-21-9-7-14(8-10-21)13-1-4-17(20)5-2-13/h1-7,11,22H,8-10,12H2. The molecule has 2 aromatic rings. The first kappa shape index (κ1) is 15.3. The monoisotopic (exact) mass is 361 g/mol. The third-order valence-electron chi connectivity index (χ3n) is 3.94. The van der Waals surface area contributed by atoms with E-state index < -0.39 is 0 Å². The summed E-state index contributed by atoms with van der Waals surface area (Å²) in [4.78, 5) is 2.29. The Bertz CT molecular complexity index is 697. The van der Waals surface area contributed by atoms with E-state index in [9.17, 15) is 9.50 Å². The van der Waals surface area contributed by atoms with E-state index in [0.29, 0.717) is 5.75 Å². The highest BCUT2D eigenvalue weighted by Gasteiger charge is 2.15. The fourth-order valence-corrected chi connectivity index (χ4v) is 3.11. The third kappa shape index (κ3) is 3.57. The summed E-state index contributed by atoms with van der Waals surface area (Å²) in [6.45, 7) is 2.48. The zero-order chi connectivity index (χ0) is 15.5. The number of aromatic hydroxyl groups is 1. The predicted octanol–water partition coefficient (Wildman–Crippen LogP) is 4.58. The molecule has 22 heavy (non-hydrogen) atoms. The van der Waals surface area contributed by atoms with Gasteiger partial charge in [-0.05, 0) is 47.9 Å². The zero-order valence-corrected chi connectivity index (χ0v) is 13.7. The van der Waals surface area contributed by atoms with Crippen LogP contribution >= 0.6 is 15.9 Å². The number of halogens is 2. The topological polar surface area (TPSA) is 23.5 Å². The maximum absolute atomic E-state index is 13.0. The summed E-state index contributed by atoms with van der Waals surface area (Å²) in [6.07, 6.45) is 3.12. The van der Waals surface area contributed by atoms with Gasteiger partial charge in [-0.3, -0.25) is 4.90 Å². The molecule has 1 aliphatic rings. The van der Waals surface area contributed by atoms with Gasteiger partial charge in [0, 0.05) is 29.7 Å². The van der Waals surface area contributed by atoms with Crippen LogP contribution in [-0.4, -0.2) is 23.1 Å². The van der Waals surface area contributed by atoms with Crippen molar-refractivity contribution in [1.82, 2.24) is 4.90 Å². The van der Waals surface area contributed by atoms with Crippen LogP contribution in [0.2, 0.25) is 0 Å². The van der Waals surface area contributed by atoms with Crippen molar-refractivity contribution in [2.45, 2.75) is 13.0 Å². The largest absolute Gasteiger partial charge is 0.508 e. The second-order valence-corrected chi connectivity index (χ2v) is 6.41. The van der Waals surface area contributed by atoms with Crippen LogP contribution in [0.15, 0.2) is 53.0 Å². The Morgan fingerprint density at radius 3 is 2.59 bits per heavy atom. The number of nitrogens with zero attached hydrogens (tertiary/aromatic N) is 1. The first-order chi connectivity index (χ1) is 10.6. The van der Waals surface area contributed by atoms with Crippen LogP contribution in [0.4, 0.5) is 4.39 Å². The average Bonchev–Trinajstić information content (AvgIpc) is 2.53. The van der Waals surface area contributed by atoms with Crippen molar-refractivity contribution in [3.05, 3.63) is 70.0 Å². The molecule has 0 unspecified atom stereocenters. The van der Waals surface area contributed by atoms with Crippen molar-refractivity contribution >= 4 is 21.5 Å². The minimum Gasteiger partial charge on any atom is -0.508 e. The Morgan fingerprint density at radius 1 is 1.14 bits per heavy atom. The summed E-state index contributed by atoms with van der Waals surface area (Å²) < 4.78 is 13.9. The normalized spacial score (nSPS) is 15.6. The van der Waals surface area contributed by atoms with Crippen LogP contribution in [0.5, 0.6) is 5.75 Å². The van der Waals surface area contributed by atoms with Gasteiger partial charge in [0.1, 0.15) is 11.6 Å². The SMILES string of the molecule is Oc1ccc(Br)cc1CN1CC=C(c2ccc(F)cc2)CC1. The van der Waals surface area contributed by atoms with Gasteiger partial charge < -0.3 is 5.11 Å². The number of benzene rings is 2. The molecule has 4 heteroatoms. The minimum absolute atomic E-state index is 0.202. The van der Waals surface area contributed by atoms with E-state index in [1.807, 2.05) is 24.3 Å². The zero-order valence-electron chi connectivity index (χ0n) is 12.1. The Hall–Kier alpha value is -1.65. The number of rotatable bonds is 3. The number of hydrogen-bond donors (Lipinski definition) is 1. The fourth-order valence-electron chi connectivity index (χ4n) is 2.70. The lowest BCUT2D eigenvalue weighted by Gasteiger charge is -2.26. The average molecular weight is 362 g/mol. The highest BCUT2D eigenvalue weighted by atomic mass is 79.9. The summed E-state index contributed by atoms with van der Waals surface area (Å²) in [7, 11) is 0. The molecule has 1 heterocycles. The molecule has 0 aromatic heterocycles. The molecule has 0 aliphatic carbocycles. The van der Waals surface area contributed by atoms with E-state index in [0.717, 1.165) is 41.7 Å². The van der Waals surface area contributed by atoms with Crippen LogP contribution in [0.25, 0.3) is 5.57 Å². The van der Waals surface area contributed by atoms with Crippen molar-refractivity contribution in [3.8, 4) is 5.75 Å². The van der Waals surface area contributed by atoms with Gasteiger partial charge in [-0.1, -0.05) is 34.1 Å². The Morgan fingerprint density at radius 2 is 1.91 bits per heavy atom. The number of hydrogen-bond acceptors (Lipinski definition) is 2. The van der Waals surface area contributed by atoms with E-state index in [-0.39, 0.29) is 5.82 Å². The number of phenols is 1. The molecule has 1 aliphatic heterocycles. The van der Waals surface area contributed by atoms with Crippen molar-refractivity contribution in [3.63, 3.8) is 0 Å². The van der Waals surface area contributed by atoms with Crippen molar-refractivity contribution in [1.29, 1.82) is 0 Å². The van der Waals surface area contributed by atoms with Crippen molar-refractivity contribution in [2.75, 3.05) is 13.1 Å². The molecule has 2 nitrogen and oxygen atoms in total. The Labute approximate surface area is 138 Å². The van der Waals surface area contributed by atoms with Crippen LogP contribution in [0, 0.1) is 5.82 Å². The van der Waals surface area contributed by atoms with Gasteiger partial charge in [-0.25, -0.2) is 4.39 Å². The van der Waals surface area contributed by atoms with Gasteiger partial charge in [0.2, 0.25) is 0 Å². The molecule has 0 saturated heterocycles. The summed E-state index contributed by atoms with van der Waals surface area (Å²) in [5.74, 6) is 0.128. The summed E-state index contributed by atoms with van der Waals surface area (Å²) in [5, 5.41) is 9.92. The van der Waals surface area contributed by atoms with E-state index in [1.54, 1.807) is 6.07 Å². The summed E-state index contributed by atoms with van der Waals surface area (Å²) >= 11 is 3.43. The van der Waals surface area contributed by atoms with Crippen molar-refractivity contribution < 1.29 is 9.50 Å². The van der Waals surface area contributed by atoms with Gasteiger partial charge >= 0.3 is 0 Å². The molecular weight excluding hydrogens is 345 g/mol.